The lowest BCUT2D eigenvalue weighted by molar-refractivity contribution is 0.234. The molecule has 0 radical (unpaired) electrons. The molecular weight excluding hydrogens is 230 g/mol. The van der Waals surface area contributed by atoms with E-state index in [2.05, 4.69) is 20.2 Å². The first-order chi connectivity index (χ1) is 8.50. The minimum absolute atomic E-state index is 0.0452. The molecule has 1 aromatic heterocycles. The van der Waals surface area contributed by atoms with Crippen molar-refractivity contribution in [2.24, 2.45) is 0 Å². The van der Waals surface area contributed by atoms with Crippen LogP contribution in [0.2, 0.25) is 0 Å². The van der Waals surface area contributed by atoms with E-state index < -0.39 is 0 Å². The Labute approximate surface area is 109 Å². The van der Waals surface area contributed by atoms with Crippen molar-refractivity contribution in [3.63, 3.8) is 0 Å². The van der Waals surface area contributed by atoms with Crippen molar-refractivity contribution in [1.82, 2.24) is 14.9 Å². The lowest BCUT2D eigenvalue weighted by Gasteiger charge is -2.14. The summed E-state index contributed by atoms with van der Waals surface area (Å²) in [5.74, 6) is 1.08. The zero-order valence-corrected chi connectivity index (χ0v) is 11.6. The first kappa shape index (κ1) is 14.5. The standard InChI is InChI=1S/C12H23N5O/c1-9(2)18-12-10(13)11(15-8-16-12)14-6-5-7-17(3)4/h8-9H,5-7,13H2,1-4H3,(H,14,15,16). The lowest BCUT2D eigenvalue weighted by atomic mass is 10.4. The summed E-state index contributed by atoms with van der Waals surface area (Å²) >= 11 is 0. The maximum absolute atomic E-state index is 5.95. The summed E-state index contributed by atoms with van der Waals surface area (Å²) in [5.41, 5.74) is 6.42. The van der Waals surface area contributed by atoms with E-state index in [9.17, 15) is 0 Å². The Morgan fingerprint density at radius 1 is 1.39 bits per heavy atom. The first-order valence-electron chi connectivity index (χ1n) is 6.16. The van der Waals surface area contributed by atoms with Gasteiger partial charge in [0.2, 0.25) is 5.88 Å². The van der Waals surface area contributed by atoms with E-state index in [1.54, 1.807) is 0 Å². The molecule has 0 aliphatic heterocycles. The van der Waals surface area contributed by atoms with E-state index in [0.717, 1.165) is 19.5 Å². The Morgan fingerprint density at radius 3 is 2.72 bits per heavy atom. The molecule has 6 nitrogen and oxygen atoms in total. The number of hydrogen-bond donors (Lipinski definition) is 2. The van der Waals surface area contributed by atoms with Gasteiger partial charge in [-0.05, 0) is 40.9 Å². The van der Waals surface area contributed by atoms with Crippen LogP contribution in [-0.2, 0) is 0 Å². The third kappa shape index (κ3) is 4.75. The van der Waals surface area contributed by atoms with Gasteiger partial charge in [-0.2, -0.15) is 4.98 Å². The van der Waals surface area contributed by atoms with Gasteiger partial charge in [0, 0.05) is 6.54 Å². The SMILES string of the molecule is CC(C)Oc1ncnc(NCCCN(C)C)c1N. The van der Waals surface area contributed by atoms with Crippen LogP contribution in [0, 0.1) is 0 Å². The molecule has 18 heavy (non-hydrogen) atoms. The number of ether oxygens (including phenoxy) is 1. The van der Waals surface area contributed by atoms with Crippen LogP contribution in [0.4, 0.5) is 11.5 Å². The fraction of sp³-hybridized carbons (Fsp3) is 0.667. The summed E-state index contributed by atoms with van der Waals surface area (Å²) in [5, 5.41) is 3.20. The Kier molecular flexibility index (Phi) is 5.64. The van der Waals surface area contributed by atoms with Crippen molar-refractivity contribution in [2.75, 3.05) is 38.2 Å². The minimum Gasteiger partial charge on any atom is -0.473 e. The Morgan fingerprint density at radius 2 is 2.11 bits per heavy atom. The Hall–Kier alpha value is -1.56. The molecule has 0 saturated heterocycles. The number of rotatable bonds is 7. The van der Waals surface area contributed by atoms with E-state index >= 15 is 0 Å². The van der Waals surface area contributed by atoms with Crippen LogP contribution in [0.25, 0.3) is 0 Å². The number of anilines is 2. The van der Waals surface area contributed by atoms with Gasteiger partial charge in [-0.25, -0.2) is 4.98 Å². The number of hydrogen-bond acceptors (Lipinski definition) is 6. The highest BCUT2D eigenvalue weighted by Crippen LogP contribution is 2.25. The van der Waals surface area contributed by atoms with Gasteiger partial charge in [0.15, 0.2) is 5.82 Å². The average Bonchev–Trinajstić information content (AvgIpc) is 2.28. The third-order valence-electron chi connectivity index (χ3n) is 2.27. The smallest absolute Gasteiger partial charge is 0.242 e. The topological polar surface area (TPSA) is 76.3 Å². The van der Waals surface area contributed by atoms with Crippen LogP contribution < -0.4 is 15.8 Å². The molecule has 102 valence electrons. The molecule has 0 saturated carbocycles. The molecule has 0 aliphatic carbocycles. The molecule has 0 fully saturated rings. The monoisotopic (exact) mass is 253 g/mol. The van der Waals surface area contributed by atoms with Gasteiger partial charge in [-0.3, -0.25) is 0 Å². The van der Waals surface area contributed by atoms with Crippen LogP contribution in [-0.4, -0.2) is 48.2 Å². The van der Waals surface area contributed by atoms with E-state index in [0.29, 0.717) is 17.4 Å². The van der Waals surface area contributed by atoms with Crippen LogP contribution in [0.1, 0.15) is 20.3 Å². The molecule has 0 bridgehead atoms. The number of nitrogen functional groups attached to an aromatic ring is 1. The summed E-state index contributed by atoms with van der Waals surface area (Å²) in [6, 6.07) is 0. The summed E-state index contributed by atoms with van der Waals surface area (Å²) in [4.78, 5) is 10.3. The minimum atomic E-state index is 0.0452. The molecule has 3 N–H and O–H groups in total. The zero-order valence-electron chi connectivity index (χ0n) is 11.6. The Bertz CT molecular complexity index is 367. The Balaban J connectivity index is 2.55. The van der Waals surface area contributed by atoms with E-state index in [4.69, 9.17) is 10.5 Å². The lowest BCUT2D eigenvalue weighted by Crippen LogP contribution is -2.17. The third-order valence-corrected chi connectivity index (χ3v) is 2.27. The highest BCUT2D eigenvalue weighted by atomic mass is 16.5. The molecule has 6 heteroatoms. The van der Waals surface area contributed by atoms with Crippen molar-refractivity contribution in [2.45, 2.75) is 26.4 Å². The number of aromatic nitrogens is 2. The molecule has 0 aromatic carbocycles. The molecule has 0 spiro atoms. The predicted molar refractivity (Wildman–Crippen MR) is 73.9 cm³/mol. The summed E-state index contributed by atoms with van der Waals surface area (Å²) < 4.78 is 5.51. The van der Waals surface area contributed by atoms with Crippen LogP contribution in [0.15, 0.2) is 6.33 Å². The zero-order chi connectivity index (χ0) is 13.5. The van der Waals surface area contributed by atoms with Crippen LogP contribution >= 0.6 is 0 Å². The number of nitrogens with one attached hydrogen (secondary N) is 1. The van der Waals surface area contributed by atoms with E-state index in [1.807, 2.05) is 27.9 Å². The second kappa shape index (κ2) is 7.00. The van der Waals surface area contributed by atoms with Crippen LogP contribution in [0.5, 0.6) is 5.88 Å². The predicted octanol–water partition coefficient (Wildman–Crippen LogP) is 1.21. The van der Waals surface area contributed by atoms with Gasteiger partial charge < -0.3 is 20.7 Å². The molecule has 1 aromatic rings. The largest absolute Gasteiger partial charge is 0.473 e. The summed E-state index contributed by atoms with van der Waals surface area (Å²) in [7, 11) is 4.10. The van der Waals surface area contributed by atoms with Gasteiger partial charge in [-0.15, -0.1) is 0 Å². The number of nitrogens with two attached hydrogens (primary N) is 1. The average molecular weight is 253 g/mol. The molecule has 1 rings (SSSR count). The first-order valence-corrected chi connectivity index (χ1v) is 6.16. The highest BCUT2D eigenvalue weighted by molar-refractivity contribution is 5.66. The van der Waals surface area contributed by atoms with Crippen molar-refractivity contribution < 1.29 is 4.74 Å². The van der Waals surface area contributed by atoms with Gasteiger partial charge in [-0.1, -0.05) is 0 Å². The molecule has 1 heterocycles. The maximum Gasteiger partial charge on any atom is 0.242 e. The molecule has 0 atom stereocenters. The van der Waals surface area contributed by atoms with E-state index in [1.165, 1.54) is 6.33 Å². The highest BCUT2D eigenvalue weighted by Gasteiger charge is 2.09. The van der Waals surface area contributed by atoms with Gasteiger partial charge in [0.05, 0.1) is 6.10 Å². The summed E-state index contributed by atoms with van der Waals surface area (Å²) in [6.07, 6.45) is 2.53. The molecule has 0 aliphatic rings. The van der Waals surface area contributed by atoms with E-state index in [-0.39, 0.29) is 6.10 Å². The molecule has 0 unspecified atom stereocenters. The van der Waals surface area contributed by atoms with Crippen molar-refractivity contribution >= 4 is 11.5 Å². The van der Waals surface area contributed by atoms with Crippen molar-refractivity contribution in [3.8, 4) is 5.88 Å². The molecule has 0 amide bonds. The van der Waals surface area contributed by atoms with Crippen molar-refractivity contribution in [3.05, 3.63) is 6.33 Å². The summed E-state index contributed by atoms with van der Waals surface area (Å²) in [6.45, 7) is 5.71. The second-order valence-corrected chi connectivity index (χ2v) is 4.69. The van der Waals surface area contributed by atoms with Gasteiger partial charge >= 0.3 is 0 Å². The van der Waals surface area contributed by atoms with Crippen LogP contribution in [0.3, 0.4) is 0 Å². The fourth-order valence-corrected chi connectivity index (χ4v) is 1.44. The van der Waals surface area contributed by atoms with Crippen molar-refractivity contribution in [1.29, 1.82) is 0 Å². The van der Waals surface area contributed by atoms with Gasteiger partial charge in [0.25, 0.3) is 0 Å². The fourth-order valence-electron chi connectivity index (χ4n) is 1.44. The quantitative estimate of drug-likeness (QED) is 0.711. The second-order valence-electron chi connectivity index (χ2n) is 4.69. The van der Waals surface area contributed by atoms with Gasteiger partial charge in [0.1, 0.15) is 12.0 Å². The number of nitrogens with zero attached hydrogens (tertiary/aromatic N) is 3. The maximum atomic E-state index is 5.95. The normalized spacial score (nSPS) is 11.0. The molecular formula is C12H23N5O.